The van der Waals surface area contributed by atoms with E-state index in [4.69, 9.17) is 33.7 Å². The number of carbonyl (C=O) groups excluding carboxylic acids is 1. The van der Waals surface area contributed by atoms with Crippen LogP contribution in [0.3, 0.4) is 0 Å². The van der Waals surface area contributed by atoms with E-state index in [2.05, 4.69) is 0 Å². The fourth-order valence-electron chi connectivity index (χ4n) is 4.12. The summed E-state index contributed by atoms with van der Waals surface area (Å²) in [4.78, 5) is 27.7. The number of thiophene rings is 1. The predicted octanol–water partition coefficient (Wildman–Crippen LogP) is 6.70. The zero-order valence-electron chi connectivity index (χ0n) is 17.5. The van der Waals surface area contributed by atoms with Gasteiger partial charge in [0.1, 0.15) is 0 Å². The van der Waals surface area contributed by atoms with Crippen LogP contribution in [-0.4, -0.2) is 29.3 Å². The molecule has 0 bridgehead atoms. The lowest BCUT2D eigenvalue weighted by molar-refractivity contribution is 0.0964. The van der Waals surface area contributed by atoms with Crippen LogP contribution in [0.15, 0.2) is 54.6 Å². The van der Waals surface area contributed by atoms with Crippen molar-refractivity contribution in [1.82, 2.24) is 0 Å². The van der Waals surface area contributed by atoms with Gasteiger partial charge in [-0.15, -0.1) is 0 Å². The monoisotopic (exact) mass is 504 g/mol. The van der Waals surface area contributed by atoms with Crippen molar-refractivity contribution >= 4 is 52.3 Å². The molecule has 1 aliphatic rings. The minimum atomic E-state index is -1.46. The Morgan fingerprint density at radius 3 is 2.45 bits per heavy atom. The lowest BCUT2D eigenvalue weighted by Gasteiger charge is -2.38. The first-order valence-electron chi connectivity index (χ1n) is 10.5. The van der Waals surface area contributed by atoms with Crippen LogP contribution in [0.2, 0.25) is 10.0 Å². The Labute approximate surface area is 205 Å². The summed E-state index contributed by atoms with van der Waals surface area (Å²) in [6.07, 6.45) is 1.86. The summed E-state index contributed by atoms with van der Waals surface area (Å²) in [5, 5.41) is 10.1. The number of ether oxygens (including phenoxy) is 1. The first kappa shape index (κ1) is 23.6. The second-order valence-corrected chi connectivity index (χ2v) is 9.69. The summed E-state index contributed by atoms with van der Waals surface area (Å²) in [6, 6.07) is 15.3. The highest BCUT2D eigenvalue weighted by atomic mass is 35.5. The Balaban J connectivity index is 1.86. The molecule has 2 unspecified atom stereocenters. The Hall–Kier alpha value is -2.58. The van der Waals surface area contributed by atoms with E-state index >= 15 is 0 Å². The predicted molar refractivity (Wildman–Crippen MR) is 132 cm³/mol. The number of amides is 1. The first-order chi connectivity index (χ1) is 15.8. The standard InChI is InChI=1S/C24H22Cl2N2O4S/c25-15-10-11-16(17(26)12-15)22(29)28(19-9-5-4-8-18(19)27)20-13-21(14-6-2-1-3-7-14)33-23(20)32-24(30)31/h1-3,6-7,10-13,18-19H,4-5,8-9,27H2,(H,30,31). The number of nitrogens with two attached hydrogens (primary N) is 1. The number of rotatable bonds is 5. The summed E-state index contributed by atoms with van der Waals surface area (Å²) in [7, 11) is 0. The minimum Gasteiger partial charge on any atom is -0.449 e. The van der Waals surface area contributed by atoms with Crippen LogP contribution < -0.4 is 15.4 Å². The number of carboxylic acid groups (broad SMARTS) is 1. The van der Waals surface area contributed by atoms with Crippen LogP contribution in [0.5, 0.6) is 5.06 Å². The van der Waals surface area contributed by atoms with Crippen LogP contribution in [-0.2, 0) is 0 Å². The average molecular weight is 505 g/mol. The Bertz CT molecular complexity index is 1170. The number of nitrogens with zero attached hydrogens (tertiary/aromatic N) is 1. The average Bonchev–Trinajstić information content (AvgIpc) is 3.18. The van der Waals surface area contributed by atoms with Crippen LogP contribution in [0.1, 0.15) is 36.0 Å². The Kier molecular flexibility index (Phi) is 7.24. The zero-order chi connectivity index (χ0) is 23.5. The van der Waals surface area contributed by atoms with Crippen molar-refractivity contribution in [3.05, 3.63) is 70.2 Å². The summed E-state index contributed by atoms with van der Waals surface area (Å²) in [5.74, 6) is -0.383. The third-order valence-electron chi connectivity index (χ3n) is 5.67. The van der Waals surface area contributed by atoms with Gasteiger partial charge >= 0.3 is 6.16 Å². The van der Waals surface area contributed by atoms with Gasteiger partial charge in [0.2, 0.25) is 5.06 Å². The Morgan fingerprint density at radius 1 is 1.06 bits per heavy atom. The molecule has 172 valence electrons. The van der Waals surface area contributed by atoms with Gasteiger partial charge in [-0.05, 0) is 42.7 Å². The van der Waals surface area contributed by atoms with Gasteiger partial charge in [-0.25, -0.2) is 4.79 Å². The SMILES string of the molecule is NC1CCCCC1N(C(=O)c1ccc(Cl)cc1Cl)c1cc(-c2ccccc2)sc1OC(=O)O. The molecule has 3 aromatic rings. The maximum absolute atomic E-state index is 13.9. The number of hydrogen-bond donors (Lipinski definition) is 2. The molecule has 0 aliphatic heterocycles. The van der Waals surface area contributed by atoms with E-state index in [9.17, 15) is 14.7 Å². The highest BCUT2D eigenvalue weighted by Crippen LogP contribution is 2.45. The summed E-state index contributed by atoms with van der Waals surface area (Å²) < 4.78 is 5.14. The van der Waals surface area contributed by atoms with E-state index in [1.54, 1.807) is 23.1 Å². The van der Waals surface area contributed by atoms with Gasteiger partial charge < -0.3 is 15.6 Å². The van der Waals surface area contributed by atoms with Gasteiger partial charge in [0.05, 0.1) is 22.3 Å². The Morgan fingerprint density at radius 2 is 1.79 bits per heavy atom. The molecule has 1 aromatic heterocycles. The maximum Gasteiger partial charge on any atom is 0.512 e. The molecule has 0 saturated heterocycles. The molecule has 2 aromatic carbocycles. The highest BCUT2D eigenvalue weighted by molar-refractivity contribution is 7.18. The number of anilines is 1. The maximum atomic E-state index is 13.9. The molecule has 0 radical (unpaired) electrons. The van der Waals surface area contributed by atoms with Crippen LogP contribution in [0, 0.1) is 0 Å². The van der Waals surface area contributed by atoms with E-state index in [-0.39, 0.29) is 33.6 Å². The van der Waals surface area contributed by atoms with Crippen molar-refractivity contribution in [2.45, 2.75) is 37.8 Å². The van der Waals surface area contributed by atoms with Crippen LogP contribution >= 0.6 is 34.5 Å². The number of carbonyl (C=O) groups is 2. The minimum absolute atomic E-state index is 0.109. The molecule has 0 spiro atoms. The van der Waals surface area contributed by atoms with Gasteiger partial charge in [0.15, 0.2) is 0 Å². The lowest BCUT2D eigenvalue weighted by atomic mass is 9.89. The number of hydrogen-bond acceptors (Lipinski definition) is 5. The molecule has 3 N–H and O–H groups in total. The van der Waals surface area contributed by atoms with Gasteiger partial charge in [0, 0.05) is 15.9 Å². The summed E-state index contributed by atoms with van der Waals surface area (Å²) in [6.45, 7) is 0. The van der Waals surface area contributed by atoms with Crippen molar-refractivity contribution in [2.75, 3.05) is 4.90 Å². The zero-order valence-corrected chi connectivity index (χ0v) is 19.9. The number of halogens is 2. The largest absolute Gasteiger partial charge is 0.512 e. The van der Waals surface area contributed by atoms with Crippen LogP contribution in [0.25, 0.3) is 10.4 Å². The van der Waals surface area contributed by atoms with Crippen LogP contribution in [0.4, 0.5) is 10.5 Å². The second-order valence-electron chi connectivity index (χ2n) is 7.83. The van der Waals surface area contributed by atoms with E-state index in [1.165, 1.54) is 6.07 Å². The normalized spacial score (nSPS) is 18.0. The second kappa shape index (κ2) is 10.1. The summed E-state index contributed by atoms with van der Waals surface area (Å²) in [5.41, 5.74) is 7.96. The smallest absolute Gasteiger partial charge is 0.449 e. The van der Waals surface area contributed by atoms with Crippen molar-refractivity contribution < 1.29 is 19.4 Å². The highest BCUT2D eigenvalue weighted by Gasteiger charge is 2.36. The number of benzene rings is 2. The molecule has 1 aliphatic carbocycles. The van der Waals surface area contributed by atoms with Gasteiger partial charge in [-0.1, -0.05) is 77.7 Å². The van der Waals surface area contributed by atoms with Crippen molar-refractivity contribution in [3.8, 4) is 15.5 Å². The fourth-order valence-corrected chi connectivity index (χ4v) is 5.61. The fraction of sp³-hybridized carbons (Fsp3) is 0.250. The van der Waals surface area contributed by atoms with Gasteiger partial charge in [-0.2, -0.15) is 0 Å². The molecule has 4 rings (SSSR count). The van der Waals surface area contributed by atoms with Gasteiger partial charge in [0.25, 0.3) is 5.91 Å². The van der Waals surface area contributed by atoms with E-state index in [1.807, 2.05) is 30.3 Å². The molecule has 33 heavy (non-hydrogen) atoms. The molecule has 9 heteroatoms. The van der Waals surface area contributed by atoms with E-state index < -0.39 is 6.16 Å². The summed E-state index contributed by atoms with van der Waals surface area (Å²) >= 11 is 13.6. The molecule has 1 fully saturated rings. The van der Waals surface area contributed by atoms with E-state index in [0.717, 1.165) is 41.0 Å². The molecule has 2 atom stereocenters. The third-order valence-corrected chi connectivity index (χ3v) is 7.27. The molecule has 6 nitrogen and oxygen atoms in total. The molecule has 1 heterocycles. The lowest BCUT2D eigenvalue weighted by Crippen LogP contribution is -2.52. The topological polar surface area (TPSA) is 92.9 Å². The van der Waals surface area contributed by atoms with Gasteiger partial charge in [-0.3, -0.25) is 9.69 Å². The van der Waals surface area contributed by atoms with Crippen molar-refractivity contribution in [1.29, 1.82) is 0 Å². The van der Waals surface area contributed by atoms with Crippen molar-refractivity contribution in [2.24, 2.45) is 5.73 Å². The molecular weight excluding hydrogens is 483 g/mol. The third kappa shape index (κ3) is 5.17. The quantitative estimate of drug-likeness (QED) is 0.377. The van der Waals surface area contributed by atoms with Crippen molar-refractivity contribution in [3.63, 3.8) is 0 Å². The molecule has 1 amide bonds. The molecule has 1 saturated carbocycles. The van der Waals surface area contributed by atoms with E-state index in [0.29, 0.717) is 17.1 Å². The molecular formula is C24H22Cl2N2O4S. The first-order valence-corrected chi connectivity index (χ1v) is 12.1.